The molecule has 1 aromatic heterocycles. The van der Waals surface area contributed by atoms with E-state index >= 15 is 0 Å². The van der Waals surface area contributed by atoms with Crippen molar-refractivity contribution < 1.29 is 9.18 Å². The average molecular weight is 414 g/mol. The summed E-state index contributed by atoms with van der Waals surface area (Å²) in [4.78, 5) is 29.5. The van der Waals surface area contributed by atoms with Gasteiger partial charge in [0, 0.05) is 18.7 Å². The summed E-state index contributed by atoms with van der Waals surface area (Å²) in [6, 6.07) is 13.2. The summed E-state index contributed by atoms with van der Waals surface area (Å²) < 4.78 is 15.8. The van der Waals surface area contributed by atoms with Crippen molar-refractivity contribution >= 4 is 28.6 Å². The van der Waals surface area contributed by atoms with Crippen LogP contribution < -0.4 is 10.9 Å². The Kier molecular flexibility index (Phi) is 7.41. The fraction of sp³-hybridized carbons (Fsp3) is 0.318. The normalized spacial score (nSPS) is 11.0. The van der Waals surface area contributed by atoms with Crippen molar-refractivity contribution in [1.82, 2.24) is 14.9 Å². The molecule has 7 heteroatoms. The maximum atomic E-state index is 14.4. The number of hydrogen-bond acceptors (Lipinski definition) is 4. The lowest BCUT2D eigenvalue weighted by molar-refractivity contribution is -0.121. The topological polar surface area (TPSA) is 64.0 Å². The lowest BCUT2D eigenvalue weighted by atomic mass is 10.2. The first-order chi connectivity index (χ1) is 14.1. The Bertz CT molecular complexity index is 1050. The summed E-state index contributed by atoms with van der Waals surface area (Å²) in [7, 11) is 0. The molecule has 0 saturated heterocycles. The zero-order chi connectivity index (χ0) is 20.6. The highest BCUT2D eigenvalue weighted by molar-refractivity contribution is 7.99. The van der Waals surface area contributed by atoms with Crippen molar-refractivity contribution in [1.29, 1.82) is 0 Å². The second-order valence-corrected chi connectivity index (χ2v) is 7.72. The van der Waals surface area contributed by atoms with Gasteiger partial charge in [0.05, 0.1) is 16.6 Å². The molecule has 0 aliphatic heterocycles. The Labute approximate surface area is 173 Å². The van der Waals surface area contributed by atoms with E-state index in [0.717, 1.165) is 12.8 Å². The summed E-state index contributed by atoms with van der Waals surface area (Å²) in [5.41, 5.74) is 0.445. The average Bonchev–Trinajstić information content (AvgIpc) is 2.72. The molecular formula is C22H24FN3O2S. The van der Waals surface area contributed by atoms with Crippen LogP contribution in [-0.2, 0) is 4.79 Å². The van der Waals surface area contributed by atoms with E-state index < -0.39 is 5.82 Å². The van der Waals surface area contributed by atoms with Gasteiger partial charge in [-0.05, 0) is 37.1 Å². The molecule has 0 fully saturated rings. The van der Waals surface area contributed by atoms with Gasteiger partial charge in [0.25, 0.3) is 5.56 Å². The molecule has 5 nitrogen and oxygen atoms in total. The van der Waals surface area contributed by atoms with E-state index in [9.17, 15) is 14.0 Å². The van der Waals surface area contributed by atoms with E-state index in [2.05, 4.69) is 17.2 Å². The van der Waals surface area contributed by atoms with Crippen LogP contribution >= 0.6 is 11.8 Å². The molecular weight excluding hydrogens is 389 g/mol. The van der Waals surface area contributed by atoms with Gasteiger partial charge in [0.1, 0.15) is 5.82 Å². The Morgan fingerprint density at radius 1 is 1.14 bits per heavy atom. The summed E-state index contributed by atoms with van der Waals surface area (Å²) in [5, 5.41) is 3.75. The number of aromatic nitrogens is 2. The molecule has 0 unspecified atom stereocenters. The molecule has 1 heterocycles. The van der Waals surface area contributed by atoms with Crippen LogP contribution in [0.4, 0.5) is 4.39 Å². The highest BCUT2D eigenvalue weighted by atomic mass is 32.2. The Hall–Kier alpha value is -2.67. The smallest absolute Gasteiger partial charge is 0.266 e. The lowest BCUT2D eigenvalue weighted by Crippen LogP contribution is -2.24. The van der Waals surface area contributed by atoms with Crippen LogP contribution in [0.5, 0.6) is 0 Å². The van der Waals surface area contributed by atoms with Crippen molar-refractivity contribution in [3.8, 4) is 5.69 Å². The predicted molar refractivity (Wildman–Crippen MR) is 115 cm³/mol. The molecule has 0 bridgehead atoms. The lowest BCUT2D eigenvalue weighted by Gasteiger charge is -2.13. The van der Waals surface area contributed by atoms with Crippen molar-refractivity contribution in [2.45, 2.75) is 37.8 Å². The van der Waals surface area contributed by atoms with Crippen molar-refractivity contribution in [2.24, 2.45) is 0 Å². The molecule has 0 atom stereocenters. The molecule has 152 valence electrons. The van der Waals surface area contributed by atoms with E-state index in [1.807, 2.05) is 6.07 Å². The van der Waals surface area contributed by atoms with Gasteiger partial charge in [0.15, 0.2) is 5.16 Å². The minimum atomic E-state index is -0.483. The van der Waals surface area contributed by atoms with Gasteiger partial charge in [-0.15, -0.1) is 0 Å². The highest BCUT2D eigenvalue weighted by Gasteiger charge is 2.15. The Morgan fingerprint density at radius 2 is 1.90 bits per heavy atom. The first-order valence-corrected chi connectivity index (χ1v) is 10.8. The fourth-order valence-corrected chi connectivity index (χ4v) is 3.89. The molecule has 1 N–H and O–H groups in total. The summed E-state index contributed by atoms with van der Waals surface area (Å²) in [6.45, 7) is 2.77. The van der Waals surface area contributed by atoms with Crippen molar-refractivity contribution in [2.75, 3.05) is 12.3 Å². The summed E-state index contributed by atoms with van der Waals surface area (Å²) in [6.07, 6.45) is 3.06. The number of hydrogen-bond donors (Lipinski definition) is 1. The molecule has 3 rings (SSSR count). The van der Waals surface area contributed by atoms with E-state index in [1.165, 1.54) is 22.4 Å². The van der Waals surface area contributed by atoms with Gasteiger partial charge >= 0.3 is 0 Å². The van der Waals surface area contributed by atoms with Crippen LogP contribution in [0.25, 0.3) is 16.6 Å². The number of carbonyl (C=O) groups excluding carboxylic acids is 1. The van der Waals surface area contributed by atoms with Gasteiger partial charge in [-0.3, -0.25) is 14.2 Å². The number of nitrogens with zero attached hydrogens (tertiary/aromatic N) is 2. The third kappa shape index (κ3) is 5.23. The predicted octanol–water partition coefficient (Wildman–Crippen LogP) is 4.31. The van der Waals surface area contributed by atoms with E-state index in [1.54, 1.807) is 36.4 Å². The van der Waals surface area contributed by atoms with Gasteiger partial charge in [-0.1, -0.05) is 49.4 Å². The van der Waals surface area contributed by atoms with Crippen LogP contribution in [0.2, 0.25) is 0 Å². The number of para-hydroxylation sites is 2. The number of carbonyl (C=O) groups is 1. The van der Waals surface area contributed by atoms with E-state index in [-0.39, 0.29) is 17.2 Å². The molecule has 0 saturated carbocycles. The van der Waals surface area contributed by atoms with E-state index in [0.29, 0.717) is 41.2 Å². The molecule has 0 aliphatic carbocycles. The van der Waals surface area contributed by atoms with Crippen molar-refractivity contribution in [3.63, 3.8) is 0 Å². The molecule has 0 aliphatic rings. The zero-order valence-corrected chi connectivity index (χ0v) is 17.2. The largest absolute Gasteiger partial charge is 0.356 e. The number of rotatable bonds is 9. The van der Waals surface area contributed by atoms with Crippen molar-refractivity contribution in [3.05, 3.63) is 64.7 Å². The van der Waals surface area contributed by atoms with Crippen LogP contribution in [0.15, 0.2) is 58.5 Å². The highest BCUT2D eigenvalue weighted by Crippen LogP contribution is 2.23. The number of halogens is 1. The van der Waals surface area contributed by atoms with Crippen LogP contribution in [0.1, 0.15) is 32.6 Å². The Balaban J connectivity index is 1.81. The van der Waals surface area contributed by atoms with Gasteiger partial charge < -0.3 is 5.32 Å². The van der Waals surface area contributed by atoms with Crippen LogP contribution in [-0.4, -0.2) is 27.8 Å². The first kappa shape index (κ1) is 21.0. The molecule has 2 aromatic carbocycles. The first-order valence-electron chi connectivity index (χ1n) is 9.78. The molecule has 29 heavy (non-hydrogen) atoms. The van der Waals surface area contributed by atoms with Gasteiger partial charge in [-0.2, -0.15) is 0 Å². The third-order valence-electron chi connectivity index (χ3n) is 4.47. The maximum Gasteiger partial charge on any atom is 0.266 e. The number of unbranched alkanes of at least 4 members (excludes halogenated alkanes) is 1. The second kappa shape index (κ2) is 10.2. The SMILES string of the molecule is CCCCNC(=O)CCCSc1nc2ccccc2c(=O)n1-c1ccccc1F. The van der Waals surface area contributed by atoms with Gasteiger partial charge in [0.2, 0.25) is 5.91 Å². The molecule has 0 spiro atoms. The minimum absolute atomic E-state index is 0.0250. The third-order valence-corrected chi connectivity index (χ3v) is 5.49. The fourth-order valence-electron chi connectivity index (χ4n) is 2.94. The number of benzene rings is 2. The maximum absolute atomic E-state index is 14.4. The molecule has 0 radical (unpaired) electrons. The summed E-state index contributed by atoms with van der Waals surface area (Å²) >= 11 is 1.36. The van der Waals surface area contributed by atoms with Crippen LogP contribution in [0, 0.1) is 5.82 Å². The Morgan fingerprint density at radius 3 is 2.69 bits per heavy atom. The van der Waals surface area contributed by atoms with Gasteiger partial charge in [-0.25, -0.2) is 9.37 Å². The number of fused-ring (bicyclic) bond motifs is 1. The minimum Gasteiger partial charge on any atom is -0.356 e. The quantitative estimate of drug-likeness (QED) is 0.322. The monoisotopic (exact) mass is 413 g/mol. The second-order valence-electron chi connectivity index (χ2n) is 6.66. The standard InChI is InChI=1S/C22H24FN3O2S/c1-2-3-14-24-20(27)13-8-15-29-22-25-18-11-6-4-9-16(18)21(28)26(22)19-12-7-5-10-17(19)23/h4-7,9-12H,2-3,8,13-15H2,1H3,(H,24,27). The zero-order valence-electron chi connectivity index (χ0n) is 16.4. The molecule has 1 amide bonds. The number of nitrogens with one attached hydrogen (secondary N) is 1. The van der Waals surface area contributed by atoms with Crippen LogP contribution in [0.3, 0.4) is 0 Å². The number of thioether (sulfide) groups is 1. The molecule has 3 aromatic rings. The number of amides is 1. The summed E-state index contributed by atoms with van der Waals surface area (Å²) in [5.74, 6) is 0.140. The van der Waals surface area contributed by atoms with E-state index in [4.69, 9.17) is 0 Å².